The summed E-state index contributed by atoms with van der Waals surface area (Å²) in [7, 11) is 1.57. The van der Waals surface area contributed by atoms with Gasteiger partial charge in [0, 0.05) is 22.7 Å². The van der Waals surface area contributed by atoms with Gasteiger partial charge < -0.3 is 15.0 Å². The molecular formula is C18H14FN5O2S. The molecule has 7 nitrogen and oxygen atoms in total. The Kier molecular flexibility index (Phi) is 3.57. The molecule has 1 fully saturated rings. The highest BCUT2D eigenvalue weighted by Gasteiger charge is 2.43. The number of rotatable bonds is 4. The molecule has 0 aliphatic heterocycles. The average Bonchev–Trinajstić information content (AvgIpc) is 3.07. The number of methoxy groups -OCH3 is 1. The van der Waals surface area contributed by atoms with E-state index in [9.17, 15) is 9.18 Å². The van der Waals surface area contributed by atoms with E-state index in [2.05, 4.69) is 25.3 Å². The Bertz CT molecular complexity index is 1190. The van der Waals surface area contributed by atoms with E-state index in [4.69, 9.17) is 4.74 Å². The Morgan fingerprint density at radius 1 is 1.37 bits per heavy atom. The number of H-pyrrole nitrogens is 1. The number of alkyl halides is 1. The van der Waals surface area contributed by atoms with E-state index in [1.54, 1.807) is 18.7 Å². The van der Waals surface area contributed by atoms with Crippen molar-refractivity contribution in [2.24, 2.45) is 5.92 Å². The van der Waals surface area contributed by atoms with Gasteiger partial charge in [-0.3, -0.25) is 4.79 Å². The summed E-state index contributed by atoms with van der Waals surface area (Å²) in [5, 5.41) is 3.53. The number of amides is 1. The van der Waals surface area contributed by atoms with Gasteiger partial charge in [0.25, 0.3) is 0 Å². The molecule has 0 radical (unpaired) electrons. The lowest BCUT2D eigenvalue weighted by Gasteiger charge is -2.07. The molecule has 2 atom stereocenters. The van der Waals surface area contributed by atoms with Crippen molar-refractivity contribution in [2.45, 2.75) is 12.6 Å². The highest BCUT2D eigenvalue weighted by molar-refractivity contribution is 7.16. The van der Waals surface area contributed by atoms with Crippen LogP contribution in [0.1, 0.15) is 6.42 Å². The zero-order valence-electron chi connectivity index (χ0n) is 14.2. The number of nitrogens with one attached hydrogen (secondary N) is 2. The molecule has 1 aliphatic carbocycles. The first-order valence-corrected chi connectivity index (χ1v) is 9.23. The topological polar surface area (TPSA) is 92.8 Å². The molecule has 27 heavy (non-hydrogen) atoms. The number of hydrogen-bond acceptors (Lipinski definition) is 6. The van der Waals surface area contributed by atoms with Gasteiger partial charge in [-0.15, -0.1) is 11.3 Å². The summed E-state index contributed by atoms with van der Waals surface area (Å²) in [5.74, 6) is -0.0109. The average molecular weight is 383 g/mol. The Labute approximate surface area is 156 Å². The number of carbonyl (C=O) groups excluding carboxylic acids is 1. The largest absolute Gasteiger partial charge is 0.480 e. The van der Waals surface area contributed by atoms with Crippen LogP contribution in [0.25, 0.3) is 32.5 Å². The molecule has 9 heteroatoms. The first kappa shape index (κ1) is 16.1. The van der Waals surface area contributed by atoms with E-state index >= 15 is 0 Å². The number of nitrogens with zero attached hydrogens (tertiary/aromatic N) is 3. The summed E-state index contributed by atoms with van der Waals surface area (Å²) in [6, 6.07) is 5.56. The van der Waals surface area contributed by atoms with Crippen LogP contribution in [0.4, 0.5) is 10.2 Å². The number of fused-ring (bicyclic) bond motifs is 2. The maximum Gasteiger partial charge on any atom is 0.231 e. The molecule has 0 aromatic carbocycles. The third-order valence-electron chi connectivity index (χ3n) is 4.61. The van der Waals surface area contributed by atoms with Gasteiger partial charge in [0.1, 0.15) is 17.6 Å². The summed E-state index contributed by atoms with van der Waals surface area (Å²) in [6.07, 6.45) is 1.08. The maximum atomic E-state index is 13.0. The lowest BCUT2D eigenvalue weighted by molar-refractivity contribution is -0.117. The van der Waals surface area contributed by atoms with Crippen LogP contribution in [-0.4, -0.2) is 39.1 Å². The lowest BCUT2D eigenvalue weighted by Crippen LogP contribution is -2.15. The molecule has 0 unspecified atom stereocenters. The fourth-order valence-electron chi connectivity index (χ4n) is 3.08. The molecule has 2 N–H and O–H groups in total. The molecule has 0 bridgehead atoms. The molecule has 4 aromatic rings. The fraction of sp³-hybridized carbons (Fsp3) is 0.222. The van der Waals surface area contributed by atoms with Crippen LogP contribution in [0.15, 0.2) is 29.9 Å². The Morgan fingerprint density at radius 3 is 3.00 bits per heavy atom. The van der Waals surface area contributed by atoms with Crippen molar-refractivity contribution < 1.29 is 13.9 Å². The van der Waals surface area contributed by atoms with E-state index in [0.29, 0.717) is 23.0 Å². The second kappa shape index (κ2) is 5.98. The molecule has 1 aliphatic rings. The van der Waals surface area contributed by atoms with Gasteiger partial charge in [-0.05, 0) is 24.6 Å². The summed E-state index contributed by atoms with van der Waals surface area (Å²) in [6.45, 7) is 0. The van der Waals surface area contributed by atoms with Gasteiger partial charge in [0.15, 0.2) is 5.65 Å². The van der Waals surface area contributed by atoms with E-state index in [1.165, 1.54) is 11.3 Å². The first-order chi connectivity index (χ1) is 13.1. The summed E-state index contributed by atoms with van der Waals surface area (Å²) < 4.78 is 19.4. The van der Waals surface area contributed by atoms with E-state index in [1.807, 2.05) is 18.3 Å². The molecule has 4 heterocycles. The number of anilines is 1. The highest BCUT2D eigenvalue weighted by Crippen LogP contribution is 2.37. The lowest BCUT2D eigenvalue weighted by atomic mass is 10.1. The zero-order valence-corrected chi connectivity index (χ0v) is 15.0. The summed E-state index contributed by atoms with van der Waals surface area (Å²) in [4.78, 5) is 28.1. The highest BCUT2D eigenvalue weighted by atomic mass is 32.1. The predicted molar refractivity (Wildman–Crippen MR) is 101 cm³/mol. The van der Waals surface area contributed by atoms with E-state index < -0.39 is 12.1 Å². The van der Waals surface area contributed by atoms with Crippen LogP contribution in [0, 0.1) is 5.92 Å². The SMILES string of the molecule is COc1nc2ncsc2cc1-c1c[nH]c2nc(NC(=O)[C@@H]3C[C@@H]3F)ccc12. The van der Waals surface area contributed by atoms with E-state index in [0.717, 1.165) is 21.2 Å². The summed E-state index contributed by atoms with van der Waals surface area (Å²) in [5.41, 5.74) is 4.73. The van der Waals surface area contributed by atoms with Crippen LogP contribution in [0.3, 0.4) is 0 Å². The van der Waals surface area contributed by atoms with Crippen molar-refractivity contribution in [3.05, 3.63) is 29.9 Å². The normalized spacial score (nSPS) is 18.7. The third kappa shape index (κ3) is 2.71. The van der Waals surface area contributed by atoms with Crippen molar-refractivity contribution >= 4 is 44.4 Å². The zero-order chi connectivity index (χ0) is 18.5. The molecule has 136 valence electrons. The van der Waals surface area contributed by atoms with Gasteiger partial charge in [-0.2, -0.15) is 4.98 Å². The van der Waals surface area contributed by atoms with Crippen LogP contribution in [0.5, 0.6) is 5.88 Å². The molecular weight excluding hydrogens is 369 g/mol. The van der Waals surface area contributed by atoms with Crippen molar-refractivity contribution in [1.82, 2.24) is 19.9 Å². The predicted octanol–water partition coefficient (Wildman–Crippen LogP) is 3.54. The molecule has 0 saturated heterocycles. The Hall–Kier alpha value is -3.07. The number of aromatic nitrogens is 4. The number of thiazole rings is 1. The number of halogens is 1. The minimum absolute atomic E-state index is 0.285. The summed E-state index contributed by atoms with van der Waals surface area (Å²) >= 11 is 1.51. The van der Waals surface area contributed by atoms with Gasteiger partial charge in [-0.1, -0.05) is 0 Å². The van der Waals surface area contributed by atoms with Crippen LogP contribution in [0.2, 0.25) is 0 Å². The van der Waals surface area contributed by atoms with Gasteiger partial charge in [-0.25, -0.2) is 14.4 Å². The number of ether oxygens (including phenoxy) is 1. The van der Waals surface area contributed by atoms with Crippen molar-refractivity contribution in [3.63, 3.8) is 0 Å². The first-order valence-electron chi connectivity index (χ1n) is 8.35. The maximum absolute atomic E-state index is 13.0. The molecule has 4 aromatic heterocycles. The Balaban J connectivity index is 1.54. The van der Waals surface area contributed by atoms with Gasteiger partial charge in [0.2, 0.25) is 11.8 Å². The van der Waals surface area contributed by atoms with Gasteiger partial charge >= 0.3 is 0 Å². The van der Waals surface area contributed by atoms with Crippen molar-refractivity contribution in [3.8, 4) is 17.0 Å². The van der Waals surface area contributed by atoms with Crippen molar-refractivity contribution in [1.29, 1.82) is 0 Å². The number of pyridine rings is 2. The molecule has 0 spiro atoms. The number of aromatic amines is 1. The molecule has 5 rings (SSSR count). The molecule has 1 amide bonds. The minimum atomic E-state index is -1.03. The van der Waals surface area contributed by atoms with Crippen LogP contribution in [-0.2, 0) is 4.79 Å². The number of hydrogen-bond donors (Lipinski definition) is 2. The van der Waals surface area contributed by atoms with Gasteiger partial charge in [0.05, 0.1) is 23.2 Å². The fourth-order valence-corrected chi connectivity index (χ4v) is 3.74. The monoisotopic (exact) mass is 383 g/mol. The quantitative estimate of drug-likeness (QED) is 0.562. The second-order valence-electron chi connectivity index (χ2n) is 6.36. The molecule has 1 saturated carbocycles. The van der Waals surface area contributed by atoms with E-state index in [-0.39, 0.29) is 12.3 Å². The Morgan fingerprint density at radius 2 is 2.22 bits per heavy atom. The smallest absolute Gasteiger partial charge is 0.231 e. The minimum Gasteiger partial charge on any atom is -0.480 e. The standard InChI is InChI=1S/C18H14FN5O2S/c1-26-18-9(5-13-16(24-18)21-7-27-13)11-6-20-15-8(11)2-3-14(22-15)23-17(25)10-4-12(10)19/h2-3,5-7,10,12H,4H2,1H3,(H2,20,22,23,25)/t10-,12+/m1/s1. The van der Waals surface area contributed by atoms with Crippen LogP contribution < -0.4 is 10.1 Å². The third-order valence-corrected chi connectivity index (χ3v) is 5.38. The number of carbonyl (C=O) groups is 1. The van der Waals surface area contributed by atoms with Crippen LogP contribution >= 0.6 is 11.3 Å². The van der Waals surface area contributed by atoms with Crippen molar-refractivity contribution in [2.75, 3.05) is 12.4 Å². The second-order valence-corrected chi connectivity index (χ2v) is 7.25.